The number of anilines is 1. The van der Waals surface area contributed by atoms with Gasteiger partial charge in [-0.1, -0.05) is 12.1 Å². The minimum absolute atomic E-state index is 0.0159. The standard InChI is InChI=1S/C26H26N4O7/c1-15-24-19(28-29-23(31)13-16-7-9-17(10-8-16)30(33)34)5-4-6-22(24)37-25(15)26(32)27-20-14-18(35-2)11-12-21(20)36-3/h7-12,14H,4-6,13H2,1-3H3,(H,27,32)(H,29,31)/b28-19+. The maximum atomic E-state index is 13.1. The van der Waals surface area contributed by atoms with E-state index in [0.717, 1.165) is 6.42 Å². The molecule has 37 heavy (non-hydrogen) atoms. The smallest absolute Gasteiger partial charge is 0.291 e. The summed E-state index contributed by atoms with van der Waals surface area (Å²) >= 11 is 0. The molecule has 1 aliphatic rings. The molecule has 1 aromatic heterocycles. The first-order chi connectivity index (χ1) is 17.8. The van der Waals surface area contributed by atoms with Gasteiger partial charge in [0.1, 0.15) is 17.3 Å². The Morgan fingerprint density at radius 2 is 1.86 bits per heavy atom. The minimum Gasteiger partial charge on any atom is -0.497 e. The quantitative estimate of drug-likeness (QED) is 0.344. The van der Waals surface area contributed by atoms with E-state index in [-0.39, 0.29) is 23.8 Å². The summed E-state index contributed by atoms with van der Waals surface area (Å²) in [6.07, 6.45) is 2.02. The lowest BCUT2D eigenvalue weighted by atomic mass is 9.93. The van der Waals surface area contributed by atoms with Crippen molar-refractivity contribution in [1.82, 2.24) is 5.43 Å². The Balaban J connectivity index is 1.50. The average Bonchev–Trinajstić information content (AvgIpc) is 3.24. The first-order valence-electron chi connectivity index (χ1n) is 11.6. The van der Waals surface area contributed by atoms with Crippen LogP contribution in [0.25, 0.3) is 0 Å². The molecule has 11 nitrogen and oxygen atoms in total. The Morgan fingerprint density at radius 3 is 2.54 bits per heavy atom. The van der Waals surface area contributed by atoms with Crippen molar-refractivity contribution >= 4 is 28.9 Å². The van der Waals surface area contributed by atoms with Gasteiger partial charge in [-0.3, -0.25) is 19.7 Å². The Hall–Kier alpha value is -4.67. The third kappa shape index (κ3) is 5.61. The fraction of sp³-hybridized carbons (Fsp3) is 0.269. The second kappa shape index (κ2) is 10.9. The van der Waals surface area contributed by atoms with Crippen LogP contribution < -0.4 is 20.2 Å². The lowest BCUT2D eigenvalue weighted by Gasteiger charge is -2.13. The van der Waals surface area contributed by atoms with Crippen molar-refractivity contribution in [2.24, 2.45) is 5.10 Å². The number of non-ortho nitro benzene ring substituents is 1. The molecule has 0 fully saturated rings. The van der Waals surface area contributed by atoms with Crippen molar-refractivity contribution in [3.8, 4) is 11.5 Å². The number of methoxy groups -OCH3 is 2. The number of nitrogens with one attached hydrogen (secondary N) is 2. The lowest BCUT2D eigenvalue weighted by molar-refractivity contribution is -0.384. The molecule has 11 heteroatoms. The van der Waals surface area contributed by atoms with E-state index in [4.69, 9.17) is 13.9 Å². The number of hydrogen-bond acceptors (Lipinski definition) is 8. The molecular weight excluding hydrogens is 480 g/mol. The monoisotopic (exact) mass is 506 g/mol. The van der Waals surface area contributed by atoms with Crippen LogP contribution in [-0.4, -0.2) is 36.7 Å². The number of aryl methyl sites for hydroxylation is 1. The molecule has 0 saturated heterocycles. The molecule has 0 spiro atoms. The molecule has 0 atom stereocenters. The number of amides is 2. The van der Waals surface area contributed by atoms with Gasteiger partial charge in [-0.2, -0.15) is 5.10 Å². The van der Waals surface area contributed by atoms with Gasteiger partial charge in [-0.15, -0.1) is 0 Å². The van der Waals surface area contributed by atoms with E-state index < -0.39 is 10.8 Å². The fourth-order valence-corrected chi connectivity index (χ4v) is 4.18. The predicted octanol–water partition coefficient (Wildman–Crippen LogP) is 4.17. The van der Waals surface area contributed by atoms with E-state index in [1.807, 2.05) is 0 Å². The van der Waals surface area contributed by atoms with Crippen molar-refractivity contribution in [3.05, 3.63) is 80.8 Å². The zero-order valence-electron chi connectivity index (χ0n) is 20.6. The molecule has 0 aliphatic heterocycles. The van der Waals surface area contributed by atoms with Gasteiger partial charge in [-0.25, -0.2) is 5.43 Å². The Kier molecular flexibility index (Phi) is 7.52. The summed E-state index contributed by atoms with van der Waals surface area (Å²) in [5.41, 5.74) is 5.53. The Morgan fingerprint density at radius 1 is 1.11 bits per heavy atom. The number of nitro groups is 1. The van der Waals surface area contributed by atoms with Crippen LogP contribution in [0.5, 0.6) is 11.5 Å². The summed E-state index contributed by atoms with van der Waals surface area (Å²) < 4.78 is 16.5. The Bertz CT molecular complexity index is 1380. The van der Waals surface area contributed by atoms with Gasteiger partial charge in [0.15, 0.2) is 5.76 Å². The van der Waals surface area contributed by atoms with Crippen molar-refractivity contribution in [2.75, 3.05) is 19.5 Å². The van der Waals surface area contributed by atoms with E-state index >= 15 is 0 Å². The molecule has 3 aromatic rings. The molecule has 1 heterocycles. The second-order valence-electron chi connectivity index (χ2n) is 8.42. The molecule has 2 N–H and O–H groups in total. The largest absolute Gasteiger partial charge is 0.497 e. The van der Waals surface area contributed by atoms with Crippen LogP contribution in [0.1, 0.15) is 45.8 Å². The molecule has 1 aliphatic carbocycles. The maximum Gasteiger partial charge on any atom is 0.291 e. The SMILES string of the molecule is COc1ccc(OC)c(NC(=O)c2oc3c(c2C)/C(=N/NC(=O)Cc2ccc([N+](=O)[O-])cc2)CCC3)c1. The number of hydrazone groups is 1. The molecule has 2 amide bonds. The van der Waals surface area contributed by atoms with Gasteiger partial charge in [0.2, 0.25) is 5.91 Å². The maximum absolute atomic E-state index is 13.1. The molecule has 2 aromatic carbocycles. The molecule has 0 unspecified atom stereocenters. The molecule has 0 radical (unpaired) electrons. The first-order valence-corrected chi connectivity index (χ1v) is 11.6. The molecular formula is C26H26N4O7. The number of hydrogen-bond donors (Lipinski definition) is 2. The number of benzene rings is 2. The summed E-state index contributed by atoms with van der Waals surface area (Å²) in [7, 11) is 3.04. The van der Waals surface area contributed by atoms with Gasteiger partial charge in [-0.05, 0) is 37.5 Å². The number of carbonyl (C=O) groups excluding carboxylic acids is 2. The highest BCUT2D eigenvalue weighted by molar-refractivity contribution is 6.09. The highest BCUT2D eigenvalue weighted by Crippen LogP contribution is 2.33. The highest BCUT2D eigenvalue weighted by Gasteiger charge is 2.28. The zero-order valence-corrected chi connectivity index (χ0v) is 20.6. The zero-order chi connectivity index (χ0) is 26.5. The molecule has 4 rings (SSSR count). The van der Waals surface area contributed by atoms with Crippen LogP contribution in [0, 0.1) is 17.0 Å². The molecule has 0 bridgehead atoms. The second-order valence-corrected chi connectivity index (χ2v) is 8.42. The van der Waals surface area contributed by atoms with Gasteiger partial charge in [0.05, 0.1) is 37.0 Å². The number of fused-ring (bicyclic) bond motifs is 1. The number of furan rings is 1. The normalized spacial score (nSPS) is 13.5. The summed E-state index contributed by atoms with van der Waals surface area (Å²) in [5, 5.41) is 17.9. The number of nitrogens with zero attached hydrogens (tertiary/aromatic N) is 2. The molecule has 0 saturated carbocycles. The van der Waals surface area contributed by atoms with E-state index in [1.54, 1.807) is 25.1 Å². The lowest BCUT2D eigenvalue weighted by Crippen LogP contribution is -2.23. The minimum atomic E-state index is -0.495. The number of carbonyl (C=O) groups is 2. The van der Waals surface area contributed by atoms with Crippen LogP contribution in [0.3, 0.4) is 0 Å². The van der Waals surface area contributed by atoms with E-state index in [0.29, 0.717) is 58.2 Å². The van der Waals surface area contributed by atoms with E-state index in [9.17, 15) is 19.7 Å². The average molecular weight is 507 g/mol. The fourth-order valence-electron chi connectivity index (χ4n) is 4.18. The van der Waals surface area contributed by atoms with E-state index in [1.165, 1.54) is 38.5 Å². The van der Waals surface area contributed by atoms with Crippen LogP contribution in [0.15, 0.2) is 52.0 Å². The third-order valence-electron chi connectivity index (χ3n) is 6.01. The van der Waals surface area contributed by atoms with Crippen molar-refractivity contribution in [2.45, 2.75) is 32.6 Å². The number of rotatable bonds is 8. The van der Waals surface area contributed by atoms with Gasteiger partial charge in [0, 0.05) is 35.7 Å². The van der Waals surface area contributed by atoms with Crippen molar-refractivity contribution < 1.29 is 28.4 Å². The summed E-state index contributed by atoms with van der Waals surface area (Å²) in [6.45, 7) is 1.78. The Labute approximate surface area is 212 Å². The predicted molar refractivity (Wildman–Crippen MR) is 135 cm³/mol. The summed E-state index contributed by atoms with van der Waals surface area (Å²) in [5.74, 6) is 1.01. The van der Waals surface area contributed by atoms with Crippen LogP contribution >= 0.6 is 0 Å². The van der Waals surface area contributed by atoms with Gasteiger partial charge < -0.3 is 19.2 Å². The number of nitro benzene ring substituents is 1. The first kappa shape index (κ1) is 25.4. The van der Waals surface area contributed by atoms with Crippen LogP contribution in [0.4, 0.5) is 11.4 Å². The van der Waals surface area contributed by atoms with Gasteiger partial charge in [0.25, 0.3) is 11.6 Å². The molecule has 192 valence electrons. The van der Waals surface area contributed by atoms with Gasteiger partial charge >= 0.3 is 0 Å². The third-order valence-corrected chi connectivity index (χ3v) is 6.01. The van der Waals surface area contributed by atoms with Crippen LogP contribution in [-0.2, 0) is 17.6 Å². The number of ether oxygens (including phenoxy) is 2. The van der Waals surface area contributed by atoms with Crippen molar-refractivity contribution in [3.63, 3.8) is 0 Å². The topological polar surface area (TPSA) is 145 Å². The highest BCUT2D eigenvalue weighted by atomic mass is 16.6. The van der Waals surface area contributed by atoms with Crippen molar-refractivity contribution in [1.29, 1.82) is 0 Å². The summed E-state index contributed by atoms with van der Waals surface area (Å²) in [6, 6.07) is 10.8. The summed E-state index contributed by atoms with van der Waals surface area (Å²) in [4.78, 5) is 35.8. The van der Waals surface area contributed by atoms with Crippen LogP contribution in [0.2, 0.25) is 0 Å². The van der Waals surface area contributed by atoms with E-state index in [2.05, 4.69) is 15.8 Å².